The minimum atomic E-state index is -3.67. The molecule has 8 heteroatoms. The van der Waals surface area contributed by atoms with Gasteiger partial charge in [-0.25, -0.2) is 0 Å². The number of likely N-dealkylation sites (tertiary alicyclic amines) is 1. The highest BCUT2D eigenvalue weighted by Gasteiger charge is 2.32. The van der Waals surface area contributed by atoms with E-state index in [1.807, 2.05) is 4.90 Å². The third-order valence-corrected chi connectivity index (χ3v) is 5.89. The maximum absolute atomic E-state index is 12.6. The second-order valence-corrected chi connectivity index (χ2v) is 7.79. The molecule has 7 nitrogen and oxygen atoms in total. The lowest BCUT2D eigenvalue weighted by Gasteiger charge is -2.36. The average molecular weight is 350 g/mol. The monoisotopic (exact) mass is 350 g/mol. The first-order valence-corrected chi connectivity index (χ1v) is 9.53. The van der Waals surface area contributed by atoms with Gasteiger partial charge in [-0.15, -0.1) is 4.40 Å². The summed E-state index contributed by atoms with van der Waals surface area (Å²) in [5, 5.41) is 0. The summed E-state index contributed by atoms with van der Waals surface area (Å²) < 4.78 is 28.1. The number of benzene rings is 1. The van der Waals surface area contributed by atoms with E-state index >= 15 is 0 Å². The van der Waals surface area contributed by atoms with Crippen molar-refractivity contribution in [1.82, 2.24) is 9.80 Å². The van der Waals surface area contributed by atoms with Crippen molar-refractivity contribution >= 4 is 21.8 Å². The topological polar surface area (TPSA) is 96.1 Å². The highest BCUT2D eigenvalue weighted by atomic mass is 32.2. The summed E-state index contributed by atoms with van der Waals surface area (Å²) in [6.07, 6.45) is 2.98. The molecule has 0 bridgehead atoms. The Morgan fingerprint density at radius 3 is 2.88 bits per heavy atom. The Bertz CT molecular complexity index is 775. The number of rotatable bonds is 3. The van der Waals surface area contributed by atoms with Gasteiger partial charge in [-0.05, 0) is 31.4 Å². The molecule has 2 aliphatic rings. The van der Waals surface area contributed by atoms with Crippen LogP contribution in [-0.2, 0) is 14.8 Å². The highest BCUT2D eigenvalue weighted by molar-refractivity contribution is 7.90. The van der Waals surface area contributed by atoms with E-state index in [-0.39, 0.29) is 23.4 Å². The van der Waals surface area contributed by atoms with Crippen LogP contribution >= 0.6 is 0 Å². The summed E-state index contributed by atoms with van der Waals surface area (Å²) in [7, 11) is -1.98. The minimum Gasteiger partial charge on any atom is -0.349 e. The van der Waals surface area contributed by atoms with Gasteiger partial charge in [0, 0.05) is 31.7 Å². The number of amides is 1. The molecule has 1 unspecified atom stereocenters. The second kappa shape index (κ2) is 6.52. The van der Waals surface area contributed by atoms with Crippen molar-refractivity contribution < 1.29 is 13.2 Å². The molecular formula is C16H22N4O3S. The Labute approximate surface area is 142 Å². The number of hydrogen-bond acceptors (Lipinski definition) is 5. The summed E-state index contributed by atoms with van der Waals surface area (Å²) in [5.74, 6) is 0.275. The molecule has 1 aromatic rings. The zero-order chi connectivity index (χ0) is 17.3. The first-order chi connectivity index (χ1) is 11.4. The van der Waals surface area contributed by atoms with Crippen LogP contribution in [0.1, 0.15) is 24.8 Å². The van der Waals surface area contributed by atoms with E-state index in [2.05, 4.69) is 4.40 Å². The number of nitrogens with two attached hydrogens (primary N) is 1. The minimum absolute atomic E-state index is 0.0443. The number of carbonyl (C=O) groups is 1. The SMILES string of the molecule is CN(CC(=O)N1CCCCC1CN)C1=NS(=O)(=O)c2ccccc21. The lowest BCUT2D eigenvalue weighted by atomic mass is 10.0. The predicted octanol–water partition coefficient (Wildman–Crippen LogP) is 0.407. The van der Waals surface area contributed by atoms with Crippen molar-refractivity contribution in [1.29, 1.82) is 0 Å². The van der Waals surface area contributed by atoms with Crippen LogP contribution in [0.4, 0.5) is 0 Å². The molecule has 2 aliphatic heterocycles. The fourth-order valence-corrected chi connectivity index (χ4v) is 4.56. The Kier molecular flexibility index (Phi) is 4.60. The fraction of sp³-hybridized carbons (Fsp3) is 0.500. The molecule has 0 spiro atoms. The van der Waals surface area contributed by atoms with Crippen LogP contribution in [0.3, 0.4) is 0 Å². The molecule has 0 radical (unpaired) electrons. The van der Waals surface area contributed by atoms with E-state index in [0.29, 0.717) is 24.5 Å². The maximum atomic E-state index is 12.6. The molecule has 0 aliphatic carbocycles. The number of nitrogens with zero attached hydrogens (tertiary/aromatic N) is 3. The Morgan fingerprint density at radius 2 is 2.12 bits per heavy atom. The van der Waals surface area contributed by atoms with Crippen molar-refractivity contribution in [2.45, 2.75) is 30.2 Å². The van der Waals surface area contributed by atoms with Crippen LogP contribution in [0, 0.1) is 0 Å². The number of carbonyl (C=O) groups excluding carboxylic acids is 1. The molecule has 24 heavy (non-hydrogen) atoms. The number of amidine groups is 1. The zero-order valence-corrected chi connectivity index (χ0v) is 14.5. The van der Waals surface area contributed by atoms with Gasteiger partial charge >= 0.3 is 0 Å². The van der Waals surface area contributed by atoms with Crippen molar-refractivity contribution in [3.05, 3.63) is 29.8 Å². The van der Waals surface area contributed by atoms with Gasteiger partial charge in [0.15, 0.2) is 5.84 Å². The molecule has 2 heterocycles. The molecule has 1 atom stereocenters. The molecular weight excluding hydrogens is 328 g/mol. The summed E-state index contributed by atoms with van der Waals surface area (Å²) in [4.78, 5) is 16.2. The molecule has 0 saturated carbocycles. The van der Waals surface area contributed by atoms with Gasteiger partial charge in [0.05, 0.1) is 6.54 Å². The van der Waals surface area contributed by atoms with Crippen LogP contribution in [0.2, 0.25) is 0 Å². The summed E-state index contributed by atoms with van der Waals surface area (Å²) in [6.45, 7) is 1.24. The second-order valence-electron chi connectivity index (χ2n) is 6.21. The van der Waals surface area contributed by atoms with Crippen molar-refractivity contribution in [2.24, 2.45) is 10.1 Å². The lowest BCUT2D eigenvalue weighted by Crippen LogP contribution is -2.50. The molecule has 3 rings (SSSR count). The van der Waals surface area contributed by atoms with Gasteiger partial charge in [0.1, 0.15) is 4.90 Å². The van der Waals surface area contributed by atoms with Gasteiger partial charge in [-0.2, -0.15) is 8.42 Å². The summed E-state index contributed by atoms with van der Waals surface area (Å²) in [6, 6.07) is 6.75. The predicted molar refractivity (Wildman–Crippen MR) is 91.2 cm³/mol. The van der Waals surface area contributed by atoms with Crippen molar-refractivity contribution in [3.8, 4) is 0 Å². The Morgan fingerprint density at radius 1 is 1.38 bits per heavy atom. The summed E-state index contributed by atoms with van der Waals surface area (Å²) in [5.41, 5.74) is 6.32. The first kappa shape index (κ1) is 16.9. The third kappa shape index (κ3) is 3.03. The van der Waals surface area contributed by atoms with E-state index in [1.165, 1.54) is 6.07 Å². The van der Waals surface area contributed by atoms with E-state index in [9.17, 15) is 13.2 Å². The fourth-order valence-electron chi connectivity index (χ4n) is 3.31. The standard InChI is InChI=1S/C16H22N4O3S/c1-19(11-15(21)20-9-5-4-6-12(20)10-17)16-13-7-2-3-8-14(13)24(22,23)18-16/h2-3,7-8,12H,4-6,9-11,17H2,1H3. The van der Waals surface area contributed by atoms with Crippen LogP contribution in [0.15, 0.2) is 33.6 Å². The zero-order valence-electron chi connectivity index (χ0n) is 13.7. The molecule has 130 valence electrons. The van der Waals surface area contributed by atoms with Gasteiger partial charge in [-0.3, -0.25) is 4.79 Å². The number of piperidine rings is 1. The van der Waals surface area contributed by atoms with Gasteiger partial charge < -0.3 is 15.5 Å². The van der Waals surface area contributed by atoms with Crippen LogP contribution in [0.25, 0.3) is 0 Å². The molecule has 1 amide bonds. The lowest BCUT2D eigenvalue weighted by molar-refractivity contribution is -0.134. The third-order valence-electron chi connectivity index (χ3n) is 4.57. The molecule has 1 saturated heterocycles. The first-order valence-electron chi connectivity index (χ1n) is 8.09. The van der Waals surface area contributed by atoms with E-state index in [1.54, 1.807) is 30.1 Å². The number of sulfonamides is 1. The number of likely N-dealkylation sites (N-methyl/N-ethyl adjacent to an activating group) is 1. The molecule has 2 N–H and O–H groups in total. The molecule has 1 aromatic carbocycles. The quantitative estimate of drug-likeness (QED) is 0.852. The average Bonchev–Trinajstić information content (AvgIpc) is 2.86. The molecule has 1 fully saturated rings. The van der Waals surface area contributed by atoms with E-state index < -0.39 is 10.0 Å². The highest BCUT2D eigenvalue weighted by Crippen LogP contribution is 2.27. The van der Waals surface area contributed by atoms with E-state index in [0.717, 1.165) is 19.3 Å². The number of fused-ring (bicyclic) bond motifs is 1. The Hall–Kier alpha value is -1.93. The Balaban J connectivity index is 1.78. The van der Waals surface area contributed by atoms with Crippen molar-refractivity contribution in [3.63, 3.8) is 0 Å². The summed E-state index contributed by atoms with van der Waals surface area (Å²) >= 11 is 0. The maximum Gasteiger partial charge on any atom is 0.285 e. The largest absolute Gasteiger partial charge is 0.349 e. The number of hydrogen-bond donors (Lipinski definition) is 1. The normalized spacial score (nSPS) is 22.0. The van der Waals surface area contributed by atoms with Gasteiger partial charge in [0.2, 0.25) is 5.91 Å². The smallest absolute Gasteiger partial charge is 0.285 e. The van der Waals surface area contributed by atoms with Gasteiger partial charge in [-0.1, -0.05) is 12.1 Å². The van der Waals surface area contributed by atoms with E-state index in [4.69, 9.17) is 5.73 Å². The molecule has 0 aromatic heterocycles. The van der Waals surface area contributed by atoms with Crippen LogP contribution in [0.5, 0.6) is 0 Å². The van der Waals surface area contributed by atoms with Gasteiger partial charge in [0.25, 0.3) is 10.0 Å². The van der Waals surface area contributed by atoms with Crippen LogP contribution < -0.4 is 5.73 Å². The van der Waals surface area contributed by atoms with Crippen LogP contribution in [-0.4, -0.2) is 62.7 Å². The van der Waals surface area contributed by atoms with Crippen molar-refractivity contribution in [2.75, 3.05) is 26.7 Å².